The molecule has 0 aromatic rings. The van der Waals surface area contributed by atoms with Crippen molar-refractivity contribution in [2.45, 2.75) is 84.0 Å². The number of carboxylic acid groups (broad SMARTS) is 1. The number of carbonyl (C=O) groups excluding carboxylic acids is 3. The fraction of sp³-hybridized carbons (Fsp3) is 0.818. The first kappa shape index (κ1) is 31.1. The highest BCUT2D eigenvalue weighted by Crippen LogP contribution is 2.10. The SMILES string of the molecule is CSCCC(NC(=O)C(CC(C)C)NC(=O)C(NC(=O)C(N)CCCCN)C(C)C)C(=O)O. The maximum atomic E-state index is 13.0. The van der Waals surface area contributed by atoms with E-state index >= 15 is 0 Å². The lowest BCUT2D eigenvalue weighted by Gasteiger charge is -2.27. The lowest BCUT2D eigenvalue weighted by Crippen LogP contribution is -2.58. The summed E-state index contributed by atoms with van der Waals surface area (Å²) in [5, 5.41) is 17.3. The van der Waals surface area contributed by atoms with Gasteiger partial charge in [-0.05, 0) is 56.1 Å². The third-order valence-corrected chi connectivity index (χ3v) is 5.76. The second-order valence-electron chi connectivity index (χ2n) is 8.99. The maximum Gasteiger partial charge on any atom is 0.326 e. The first-order chi connectivity index (χ1) is 15.4. The molecule has 0 heterocycles. The van der Waals surface area contributed by atoms with Crippen LogP contribution in [-0.2, 0) is 19.2 Å². The zero-order valence-corrected chi connectivity index (χ0v) is 21.4. The summed E-state index contributed by atoms with van der Waals surface area (Å²) in [4.78, 5) is 49.8. The predicted molar refractivity (Wildman–Crippen MR) is 132 cm³/mol. The number of carboxylic acids is 1. The monoisotopic (exact) mass is 489 g/mol. The van der Waals surface area contributed by atoms with Gasteiger partial charge in [0, 0.05) is 0 Å². The van der Waals surface area contributed by atoms with Crippen molar-refractivity contribution >= 4 is 35.5 Å². The van der Waals surface area contributed by atoms with Crippen LogP contribution in [0.25, 0.3) is 0 Å². The summed E-state index contributed by atoms with van der Waals surface area (Å²) in [6, 6.07) is -3.60. The number of hydrogen-bond acceptors (Lipinski definition) is 7. The van der Waals surface area contributed by atoms with E-state index in [0.717, 1.165) is 6.42 Å². The minimum absolute atomic E-state index is 0.0681. The highest BCUT2D eigenvalue weighted by Gasteiger charge is 2.31. The summed E-state index contributed by atoms with van der Waals surface area (Å²) in [5.41, 5.74) is 11.4. The molecule has 8 N–H and O–H groups in total. The quantitative estimate of drug-likeness (QED) is 0.159. The third-order valence-electron chi connectivity index (χ3n) is 5.12. The molecule has 10 nitrogen and oxygen atoms in total. The Balaban J connectivity index is 5.30. The van der Waals surface area contributed by atoms with E-state index in [1.807, 2.05) is 20.1 Å². The van der Waals surface area contributed by atoms with E-state index in [0.29, 0.717) is 31.6 Å². The molecule has 0 saturated heterocycles. The van der Waals surface area contributed by atoms with Crippen molar-refractivity contribution in [2.24, 2.45) is 23.3 Å². The number of amides is 3. The summed E-state index contributed by atoms with van der Waals surface area (Å²) >= 11 is 1.48. The van der Waals surface area contributed by atoms with Gasteiger partial charge in [0.05, 0.1) is 6.04 Å². The van der Waals surface area contributed by atoms with Crippen LogP contribution in [0.3, 0.4) is 0 Å². The molecule has 0 spiro atoms. The highest BCUT2D eigenvalue weighted by molar-refractivity contribution is 7.98. The molecule has 0 aliphatic carbocycles. The smallest absolute Gasteiger partial charge is 0.326 e. The largest absolute Gasteiger partial charge is 0.480 e. The molecule has 4 atom stereocenters. The molecule has 0 aliphatic heterocycles. The normalized spacial score (nSPS) is 14.9. The number of nitrogens with one attached hydrogen (secondary N) is 3. The highest BCUT2D eigenvalue weighted by atomic mass is 32.2. The number of carbonyl (C=O) groups is 4. The first-order valence-corrected chi connectivity index (χ1v) is 12.9. The molecule has 0 fully saturated rings. The van der Waals surface area contributed by atoms with Crippen molar-refractivity contribution in [1.29, 1.82) is 0 Å². The molecule has 0 rings (SSSR count). The van der Waals surface area contributed by atoms with Gasteiger partial charge in [0.2, 0.25) is 17.7 Å². The summed E-state index contributed by atoms with van der Waals surface area (Å²) in [5.74, 6) is -2.23. The molecule has 33 heavy (non-hydrogen) atoms. The summed E-state index contributed by atoms with van der Waals surface area (Å²) in [7, 11) is 0. The van der Waals surface area contributed by atoms with Crippen molar-refractivity contribution in [3.63, 3.8) is 0 Å². The summed E-state index contributed by atoms with van der Waals surface area (Å²) < 4.78 is 0. The summed E-state index contributed by atoms with van der Waals surface area (Å²) in [6.45, 7) is 7.88. The third kappa shape index (κ3) is 12.8. The zero-order chi connectivity index (χ0) is 25.6. The van der Waals surface area contributed by atoms with Crippen LogP contribution in [-0.4, -0.2) is 71.5 Å². The van der Waals surface area contributed by atoms with Gasteiger partial charge < -0.3 is 32.5 Å². The minimum Gasteiger partial charge on any atom is -0.480 e. The number of aliphatic carboxylic acids is 1. The van der Waals surface area contributed by atoms with Crippen LogP contribution in [0.15, 0.2) is 0 Å². The van der Waals surface area contributed by atoms with Crippen LogP contribution in [0.4, 0.5) is 0 Å². The van der Waals surface area contributed by atoms with Crippen LogP contribution in [0.1, 0.15) is 59.8 Å². The molecule has 0 aromatic heterocycles. The lowest BCUT2D eigenvalue weighted by molar-refractivity contribution is -0.142. The van der Waals surface area contributed by atoms with E-state index in [1.54, 1.807) is 13.8 Å². The average molecular weight is 490 g/mol. The lowest BCUT2D eigenvalue weighted by atomic mass is 9.99. The van der Waals surface area contributed by atoms with Crippen molar-refractivity contribution in [2.75, 3.05) is 18.6 Å². The molecule has 0 bridgehead atoms. The number of thioether (sulfide) groups is 1. The van der Waals surface area contributed by atoms with Gasteiger partial charge in [0.25, 0.3) is 0 Å². The number of hydrogen-bond donors (Lipinski definition) is 6. The van der Waals surface area contributed by atoms with E-state index in [2.05, 4.69) is 16.0 Å². The van der Waals surface area contributed by atoms with Crippen LogP contribution < -0.4 is 27.4 Å². The van der Waals surface area contributed by atoms with E-state index in [4.69, 9.17) is 11.5 Å². The Morgan fingerprint density at radius 3 is 1.97 bits per heavy atom. The Bertz CT molecular complexity index is 632. The molecule has 11 heteroatoms. The van der Waals surface area contributed by atoms with Gasteiger partial charge in [0.1, 0.15) is 18.1 Å². The molecular weight excluding hydrogens is 446 g/mol. The van der Waals surface area contributed by atoms with Gasteiger partial charge in [-0.2, -0.15) is 11.8 Å². The van der Waals surface area contributed by atoms with Gasteiger partial charge in [-0.3, -0.25) is 14.4 Å². The molecule has 192 valence electrons. The molecule has 0 aliphatic rings. The minimum atomic E-state index is -1.12. The first-order valence-electron chi connectivity index (χ1n) is 11.5. The fourth-order valence-electron chi connectivity index (χ4n) is 3.16. The molecular formula is C22H43N5O5S. The van der Waals surface area contributed by atoms with Crippen molar-refractivity contribution < 1.29 is 24.3 Å². The Kier molecular flexibility index (Phi) is 15.8. The van der Waals surface area contributed by atoms with Gasteiger partial charge in [-0.15, -0.1) is 0 Å². The number of unbranched alkanes of at least 4 members (excludes halogenated alkanes) is 1. The van der Waals surface area contributed by atoms with E-state index in [9.17, 15) is 24.3 Å². The Morgan fingerprint density at radius 1 is 0.879 bits per heavy atom. The molecule has 0 aromatic carbocycles. The topological polar surface area (TPSA) is 177 Å². The molecule has 4 unspecified atom stereocenters. The van der Waals surface area contributed by atoms with Gasteiger partial charge in [-0.25, -0.2) is 4.79 Å². The van der Waals surface area contributed by atoms with Crippen molar-refractivity contribution in [1.82, 2.24) is 16.0 Å². The van der Waals surface area contributed by atoms with E-state index in [-0.39, 0.29) is 18.3 Å². The zero-order valence-electron chi connectivity index (χ0n) is 20.6. The van der Waals surface area contributed by atoms with Gasteiger partial charge >= 0.3 is 5.97 Å². The predicted octanol–water partition coefficient (Wildman–Crippen LogP) is 0.437. The molecule has 0 saturated carbocycles. The van der Waals surface area contributed by atoms with Crippen LogP contribution in [0, 0.1) is 11.8 Å². The van der Waals surface area contributed by atoms with Crippen LogP contribution in [0.2, 0.25) is 0 Å². The number of rotatable bonds is 17. The van der Waals surface area contributed by atoms with Gasteiger partial charge in [0.15, 0.2) is 0 Å². The van der Waals surface area contributed by atoms with E-state index < -0.39 is 47.9 Å². The van der Waals surface area contributed by atoms with Crippen LogP contribution in [0.5, 0.6) is 0 Å². The second kappa shape index (κ2) is 16.7. The maximum absolute atomic E-state index is 13.0. The average Bonchev–Trinajstić information content (AvgIpc) is 2.73. The molecule has 0 radical (unpaired) electrons. The summed E-state index contributed by atoms with van der Waals surface area (Å²) in [6.07, 6.45) is 4.38. The standard InChI is InChI=1S/C22H43N5O5S/c1-13(2)12-17(20(29)25-16(22(31)32)9-11-33-5)26-21(30)18(14(3)4)27-19(28)15(24)8-6-7-10-23/h13-18H,6-12,23-24H2,1-5H3,(H,25,29)(H,26,30)(H,27,28)(H,31,32). The van der Waals surface area contributed by atoms with Crippen LogP contribution >= 0.6 is 11.8 Å². The number of nitrogens with two attached hydrogens (primary N) is 2. The Labute approximate surface area is 201 Å². The van der Waals surface area contributed by atoms with Crippen molar-refractivity contribution in [3.05, 3.63) is 0 Å². The fourth-order valence-corrected chi connectivity index (χ4v) is 3.64. The second-order valence-corrected chi connectivity index (χ2v) is 9.98. The Morgan fingerprint density at radius 2 is 1.48 bits per heavy atom. The Hall–Kier alpha value is -1.85. The molecule has 3 amide bonds. The van der Waals surface area contributed by atoms with Crippen molar-refractivity contribution in [3.8, 4) is 0 Å². The van der Waals surface area contributed by atoms with Gasteiger partial charge in [-0.1, -0.05) is 34.1 Å². The van der Waals surface area contributed by atoms with E-state index in [1.165, 1.54) is 11.8 Å².